The van der Waals surface area contributed by atoms with Crippen LogP contribution in [0, 0.1) is 5.92 Å². The van der Waals surface area contributed by atoms with Gasteiger partial charge in [0.1, 0.15) is 5.00 Å². The van der Waals surface area contributed by atoms with Crippen LogP contribution in [0.2, 0.25) is 0 Å². The first-order chi connectivity index (χ1) is 9.84. The molecule has 0 fully saturated rings. The molecular formula is C14H23N3O3S. The van der Waals surface area contributed by atoms with E-state index in [1.165, 1.54) is 6.92 Å². The number of rotatable bonds is 9. The first-order valence-electron chi connectivity index (χ1n) is 6.89. The van der Waals surface area contributed by atoms with E-state index in [9.17, 15) is 9.59 Å². The lowest BCUT2D eigenvalue weighted by atomic mass is 10.2. The number of primary amides is 1. The molecule has 0 saturated carbocycles. The van der Waals surface area contributed by atoms with Crippen molar-refractivity contribution in [1.82, 2.24) is 0 Å². The molecule has 0 aliphatic heterocycles. The Morgan fingerprint density at radius 3 is 2.57 bits per heavy atom. The Hall–Kier alpha value is -1.60. The largest absolute Gasteiger partial charge is 0.397 e. The third kappa shape index (κ3) is 5.02. The van der Waals surface area contributed by atoms with E-state index in [1.54, 1.807) is 0 Å². The molecule has 1 amide bonds. The number of anilines is 2. The highest BCUT2D eigenvalue weighted by Gasteiger charge is 2.21. The summed E-state index contributed by atoms with van der Waals surface area (Å²) in [6, 6.07) is 0. The highest BCUT2D eigenvalue weighted by molar-refractivity contribution is 7.19. The highest BCUT2D eigenvalue weighted by Crippen LogP contribution is 2.35. The second kappa shape index (κ2) is 7.99. The van der Waals surface area contributed by atoms with Gasteiger partial charge in [0.25, 0.3) is 5.91 Å². The Kier molecular flexibility index (Phi) is 6.64. The standard InChI is InChI=1S/C14H23N3O3S/c1-8(2)7-20-6-4-5-17-14-10(13(16)19)11(15)12(21-14)9(3)18/h8,17H,4-7,15H2,1-3H3,(H2,16,19). The van der Waals surface area contributed by atoms with Gasteiger partial charge in [0.2, 0.25) is 0 Å². The molecule has 1 rings (SSSR count). The van der Waals surface area contributed by atoms with Gasteiger partial charge in [0.05, 0.1) is 16.1 Å². The van der Waals surface area contributed by atoms with Crippen LogP contribution in [-0.4, -0.2) is 31.4 Å². The first kappa shape index (κ1) is 17.5. The lowest BCUT2D eigenvalue weighted by Crippen LogP contribution is -2.16. The number of hydrogen-bond acceptors (Lipinski definition) is 6. The van der Waals surface area contributed by atoms with Gasteiger partial charge in [0, 0.05) is 26.7 Å². The topological polar surface area (TPSA) is 107 Å². The summed E-state index contributed by atoms with van der Waals surface area (Å²) < 4.78 is 5.47. The average molecular weight is 313 g/mol. The van der Waals surface area contributed by atoms with Gasteiger partial charge in [-0.05, 0) is 12.3 Å². The van der Waals surface area contributed by atoms with Gasteiger partial charge in [-0.15, -0.1) is 11.3 Å². The van der Waals surface area contributed by atoms with Crippen LogP contribution in [0.3, 0.4) is 0 Å². The van der Waals surface area contributed by atoms with E-state index in [4.69, 9.17) is 16.2 Å². The van der Waals surface area contributed by atoms with E-state index < -0.39 is 5.91 Å². The molecule has 118 valence electrons. The van der Waals surface area contributed by atoms with Crippen molar-refractivity contribution in [2.24, 2.45) is 11.7 Å². The van der Waals surface area contributed by atoms with Gasteiger partial charge in [-0.2, -0.15) is 0 Å². The van der Waals surface area contributed by atoms with Crippen molar-refractivity contribution in [2.75, 3.05) is 30.8 Å². The fourth-order valence-corrected chi connectivity index (χ4v) is 2.82. The van der Waals surface area contributed by atoms with Gasteiger partial charge in [-0.3, -0.25) is 9.59 Å². The maximum Gasteiger partial charge on any atom is 0.253 e. The molecule has 0 radical (unpaired) electrons. The van der Waals surface area contributed by atoms with Crippen LogP contribution in [0.25, 0.3) is 0 Å². The van der Waals surface area contributed by atoms with Crippen molar-refractivity contribution in [3.05, 3.63) is 10.4 Å². The smallest absolute Gasteiger partial charge is 0.253 e. The fourth-order valence-electron chi connectivity index (χ4n) is 1.77. The summed E-state index contributed by atoms with van der Waals surface area (Å²) in [5.41, 5.74) is 11.5. The molecule has 0 aliphatic carbocycles. The molecular weight excluding hydrogens is 290 g/mol. The molecule has 0 aliphatic rings. The Bertz CT molecular complexity index is 512. The Morgan fingerprint density at radius 2 is 2.05 bits per heavy atom. The van der Waals surface area contributed by atoms with Crippen molar-refractivity contribution in [3.8, 4) is 0 Å². The number of nitrogen functional groups attached to an aromatic ring is 1. The van der Waals surface area contributed by atoms with Gasteiger partial charge < -0.3 is 21.5 Å². The third-order valence-corrected chi connectivity index (χ3v) is 3.98. The van der Waals surface area contributed by atoms with Gasteiger partial charge in [-0.1, -0.05) is 13.8 Å². The molecule has 0 saturated heterocycles. The zero-order valence-corrected chi connectivity index (χ0v) is 13.5. The SMILES string of the molecule is CC(=O)c1sc(NCCCOCC(C)C)c(C(N)=O)c1N. The lowest BCUT2D eigenvalue weighted by molar-refractivity contribution is 0.100. The summed E-state index contributed by atoms with van der Waals surface area (Å²) in [5, 5.41) is 3.65. The molecule has 5 N–H and O–H groups in total. The molecule has 7 heteroatoms. The predicted molar refractivity (Wildman–Crippen MR) is 86.0 cm³/mol. The molecule has 1 heterocycles. The molecule has 1 aromatic rings. The summed E-state index contributed by atoms with van der Waals surface area (Å²) in [4.78, 5) is 23.3. The number of nitrogens with one attached hydrogen (secondary N) is 1. The van der Waals surface area contributed by atoms with Crippen LogP contribution in [0.4, 0.5) is 10.7 Å². The summed E-state index contributed by atoms with van der Waals surface area (Å²) in [7, 11) is 0. The quantitative estimate of drug-likeness (QED) is 0.478. The van der Waals surface area contributed by atoms with E-state index >= 15 is 0 Å². The number of amides is 1. The fraction of sp³-hybridized carbons (Fsp3) is 0.571. The van der Waals surface area contributed by atoms with Gasteiger partial charge >= 0.3 is 0 Å². The van der Waals surface area contributed by atoms with E-state index in [2.05, 4.69) is 19.2 Å². The third-order valence-electron chi connectivity index (χ3n) is 2.71. The van der Waals surface area contributed by atoms with Crippen LogP contribution in [0.1, 0.15) is 47.2 Å². The average Bonchev–Trinajstić information content (AvgIpc) is 2.70. The van der Waals surface area contributed by atoms with Crippen LogP contribution in [0.5, 0.6) is 0 Å². The molecule has 0 aromatic carbocycles. The minimum absolute atomic E-state index is 0.165. The Balaban J connectivity index is 2.60. The lowest BCUT2D eigenvalue weighted by Gasteiger charge is -2.08. The summed E-state index contributed by atoms with van der Waals surface area (Å²) in [5.74, 6) is -0.294. The number of ether oxygens (including phenoxy) is 1. The van der Waals surface area contributed by atoms with Crippen molar-refractivity contribution >= 4 is 33.7 Å². The monoisotopic (exact) mass is 313 g/mol. The summed E-state index contributed by atoms with van der Waals surface area (Å²) in [6.45, 7) is 7.58. The molecule has 21 heavy (non-hydrogen) atoms. The number of thiophene rings is 1. The highest BCUT2D eigenvalue weighted by atomic mass is 32.1. The van der Waals surface area contributed by atoms with Crippen molar-refractivity contribution in [2.45, 2.75) is 27.2 Å². The minimum Gasteiger partial charge on any atom is -0.397 e. The van der Waals surface area contributed by atoms with E-state index in [0.29, 0.717) is 28.9 Å². The second-order valence-corrected chi connectivity index (χ2v) is 6.24. The first-order valence-corrected chi connectivity index (χ1v) is 7.70. The summed E-state index contributed by atoms with van der Waals surface area (Å²) >= 11 is 1.16. The van der Waals surface area contributed by atoms with Crippen molar-refractivity contribution in [1.29, 1.82) is 0 Å². The van der Waals surface area contributed by atoms with Crippen molar-refractivity contribution < 1.29 is 14.3 Å². The number of carbonyl (C=O) groups excluding carboxylic acids is 2. The minimum atomic E-state index is -0.630. The van der Waals surface area contributed by atoms with E-state index in [1.807, 2.05) is 0 Å². The molecule has 0 spiro atoms. The zero-order valence-electron chi connectivity index (χ0n) is 12.7. The number of ketones is 1. The van der Waals surface area contributed by atoms with Gasteiger partial charge in [-0.25, -0.2) is 0 Å². The number of Topliss-reactive ketones (excluding diaryl/α,β-unsaturated/α-hetero) is 1. The van der Waals surface area contributed by atoms with Crippen LogP contribution in [0.15, 0.2) is 0 Å². The van der Waals surface area contributed by atoms with Crippen LogP contribution in [-0.2, 0) is 4.74 Å². The number of carbonyl (C=O) groups is 2. The van der Waals surface area contributed by atoms with Crippen LogP contribution < -0.4 is 16.8 Å². The maximum absolute atomic E-state index is 11.5. The molecule has 6 nitrogen and oxygen atoms in total. The van der Waals surface area contributed by atoms with Crippen molar-refractivity contribution in [3.63, 3.8) is 0 Å². The zero-order chi connectivity index (χ0) is 16.0. The van der Waals surface area contributed by atoms with Crippen LogP contribution >= 0.6 is 11.3 Å². The maximum atomic E-state index is 11.5. The van der Waals surface area contributed by atoms with E-state index in [0.717, 1.165) is 24.4 Å². The Labute approximate surface area is 128 Å². The molecule has 0 bridgehead atoms. The summed E-state index contributed by atoms with van der Waals surface area (Å²) in [6.07, 6.45) is 0.790. The number of nitrogens with two attached hydrogens (primary N) is 2. The Morgan fingerprint density at radius 1 is 1.38 bits per heavy atom. The van der Waals surface area contributed by atoms with E-state index in [-0.39, 0.29) is 17.0 Å². The molecule has 0 atom stereocenters. The normalized spacial score (nSPS) is 10.9. The number of hydrogen-bond donors (Lipinski definition) is 3. The second-order valence-electron chi connectivity index (χ2n) is 5.22. The molecule has 1 aromatic heterocycles. The van der Waals surface area contributed by atoms with Gasteiger partial charge in [0.15, 0.2) is 5.78 Å². The predicted octanol–water partition coefficient (Wildman–Crippen LogP) is 2.11. The molecule has 0 unspecified atom stereocenters.